The van der Waals surface area contributed by atoms with Gasteiger partial charge >= 0.3 is 0 Å². The minimum absolute atomic E-state index is 0.665. The molecule has 0 aromatic heterocycles. The Hall–Kier alpha value is -1.13. The molecular weight excluding hydrogens is 368 g/mol. The van der Waals surface area contributed by atoms with E-state index in [1.54, 1.807) is 39.0 Å². The summed E-state index contributed by atoms with van der Waals surface area (Å²) in [6.45, 7) is 22.1. The molecule has 2 aliphatic carbocycles. The topological polar surface area (TPSA) is 0 Å². The smallest absolute Gasteiger partial charge is 0.0761 e. The molecule has 1 unspecified atom stereocenters. The van der Waals surface area contributed by atoms with E-state index < -0.39 is 16.1 Å². The summed E-state index contributed by atoms with van der Waals surface area (Å²) < 4.78 is 0. The molecule has 0 radical (unpaired) electrons. The molecule has 0 spiro atoms. The zero-order valence-corrected chi connectivity index (χ0v) is 21.7. The average Bonchev–Trinajstić information content (AvgIpc) is 3.09. The molecule has 0 N–H and O–H groups in total. The van der Waals surface area contributed by atoms with E-state index in [2.05, 4.69) is 91.5 Å². The third-order valence-corrected chi connectivity index (χ3v) is 15.7. The van der Waals surface area contributed by atoms with E-state index >= 15 is 0 Å². The van der Waals surface area contributed by atoms with E-state index in [-0.39, 0.29) is 0 Å². The van der Waals surface area contributed by atoms with Crippen LogP contribution in [0.2, 0.25) is 43.3 Å². The van der Waals surface area contributed by atoms with E-state index in [1.165, 1.54) is 18.1 Å². The lowest BCUT2D eigenvalue weighted by molar-refractivity contribution is 0.945. The summed E-state index contributed by atoms with van der Waals surface area (Å²) in [5.74, 6) is 0. The van der Waals surface area contributed by atoms with Crippen LogP contribution in [0.1, 0.15) is 58.2 Å². The van der Waals surface area contributed by atoms with Gasteiger partial charge in [-0.25, -0.2) is 0 Å². The molecule has 0 heterocycles. The zero-order valence-electron chi connectivity index (χ0n) is 19.7. The van der Waals surface area contributed by atoms with Crippen molar-refractivity contribution >= 4 is 21.7 Å². The van der Waals surface area contributed by atoms with Crippen LogP contribution in [0.15, 0.2) is 52.6 Å². The van der Waals surface area contributed by atoms with Crippen molar-refractivity contribution in [3.8, 4) is 0 Å². The summed E-state index contributed by atoms with van der Waals surface area (Å²) in [6.07, 6.45) is 2.76. The Morgan fingerprint density at radius 1 is 0.821 bits per heavy atom. The van der Waals surface area contributed by atoms with Crippen molar-refractivity contribution < 1.29 is 0 Å². The molecule has 1 atom stereocenters. The fourth-order valence-electron chi connectivity index (χ4n) is 6.13. The summed E-state index contributed by atoms with van der Waals surface area (Å²) in [4.78, 5) is 0. The summed E-state index contributed by atoms with van der Waals surface area (Å²) >= 11 is 0. The normalized spacial score (nSPS) is 20.9. The first-order valence-electron chi connectivity index (χ1n) is 11.2. The average molecular weight is 409 g/mol. The van der Waals surface area contributed by atoms with Gasteiger partial charge in [-0.15, -0.1) is 0 Å². The lowest BCUT2D eigenvalue weighted by atomic mass is 10.1. The van der Waals surface area contributed by atoms with E-state index in [9.17, 15) is 0 Å². The lowest BCUT2D eigenvalue weighted by Gasteiger charge is -2.43. The van der Waals surface area contributed by atoms with Crippen molar-refractivity contribution in [2.75, 3.05) is 0 Å². The lowest BCUT2D eigenvalue weighted by Crippen LogP contribution is -2.45. The SMILES string of the molecule is CC[Si](CC)(C1C(C)=C(C)C(C)=C1C)C1C=C(C[Si](C)(C)C)c2ccccc21. The highest BCUT2D eigenvalue weighted by atomic mass is 28.3. The van der Waals surface area contributed by atoms with Gasteiger partial charge in [0.15, 0.2) is 0 Å². The van der Waals surface area contributed by atoms with E-state index in [4.69, 9.17) is 0 Å². The van der Waals surface area contributed by atoms with Gasteiger partial charge in [0.05, 0.1) is 8.07 Å². The standard InChI is InChI=1S/C26H40Si2/c1-10-28(11-2,26-20(5)18(3)19(4)21(26)6)25-16-22(17-27(7,8)9)23-14-12-13-15-24(23)25/h12-16,25-26H,10-11,17H2,1-9H3. The second kappa shape index (κ2) is 7.61. The number of rotatable bonds is 6. The maximum absolute atomic E-state index is 2.76. The minimum Gasteiger partial charge on any atom is -0.0761 e. The van der Waals surface area contributed by atoms with Gasteiger partial charge in [0.2, 0.25) is 0 Å². The highest BCUT2D eigenvalue weighted by Gasteiger charge is 2.50. The van der Waals surface area contributed by atoms with Crippen molar-refractivity contribution in [1.82, 2.24) is 0 Å². The molecule has 2 aliphatic rings. The Morgan fingerprint density at radius 2 is 1.36 bits per heavy atom. The molecule has 0 fully saturated rings. The predicted molar refractivity (Wildman–Crippen MR) is 133 cm³/mol. The third kappa shape index (κ3) is 3.37. The van der Waals surface area contributed by atoms with Crippen LogP contribution < -0.4 is 0 Å². The van der Waals surface area contributed by atoms with Crippen LogP contribution in [0.25, 0.3) is 5.57 Å². The molecule has 2 heteroatoms. The second-order valence-electron chi connectivity index (χ2n) is 10.5. The fourth-order valence-corrected chi connectivity index (χ4v) is 13.7. The van der Waals surface area contributed by atoms with Crippen molar-refractivity contribution in [3.05, 3.63) is 63.8 Å². The van der Waals surface area contributed by atoms with Crippen molar-refractivity contribution in [3.63, 3.8) is 0 Å². The summed E-state index contributed by atoms with van der Waals surface area (Å²) in [7, 11) is -2.78. The third-order valence-electron chi connectivity index (χ3n) is 7.85. The quantitative estimate of drug-likeness (QED) is 0.413. The van der Waals surface area contributed by atoms with E-state index in [1.807, 2.05) is 0 Å². The number of fused-ring (bicyclic) bond motifs is 1. The Balaban J connectivity index is 2.18. The van der Waals surface area contributed by atoms with Gasteiger partial charge in [-0.1, -0.05) is 87.1 Å². The molecule has 0 bridgehead atoms. The molecule has 0 saturated carbocycles. The number of benzene rings is 1. The Bertz CT molecular complexity index is 833. The van der Waals surface area contributed by atoms with Crippen LogP contribution >= 0.6 is 0 Å². The van der Waals surface area contributed by atoms with Crippen LogP contribution in [0.3, 0.4) is 0 Å². The number of allylic oxidation sites excluding steroid dienone is 6. The van der Waals surface area contributed by atoms with Crippen LogP contribution in [0.4, 0.5) is 0 Å². The molecule has 28 heavy (non-hydrogen) atoms. The van der Waals surface area contributed by atoms with Gasteiger partial charge in [-0.3, -0.25) is 0 Å². The summed E-state index contributed by atoms with van der Waals surface area (Å²) in [5.41, 5.74) is 12.7. The van der Waals surface area contributed by atoms with Crippen LogP contribution in [0, 0.1) is 0 Å². The maximum Gasteiger partial charge on any atom is 0.0768 e. The van der Waals surface area contributed by atoms with E-state index in [0.29, 0.717) is 11.1 Å². The van der Waals surface area contributed by atoms with Gasteiger partial charge < -0.3 is 0 Å². The van der Waals surface area contributed by atoms with Crippen LogP contribution in [0.5, 0.6) is 0 Å². The van der Waals surface area contributed by atoms with Crippen molar-refractivity contribution in [1.29, 1.82) is 0 Å². The highest BCUT2D eigenvalue weighted by Crippen LogP contribution is 2.57. The van der Waals surface area contributed by atoms with Gasteiger partial charge in [0.25, 0.3) is 0 Å². The van der Waals surface area contributed by atoms with Gasteiger partial charge in [0, 0.05) is 8.07 Å². The first-order chi connectivity index (χ1) is 13.1. The molecule has 1 aromatic carbocycles. The van der Waals surface area contributed by atoms with E-state index in [0.717, 1.165) is 0 Å². The fraction of sp³-hybridized carbons (Fsp3) is 0.538. The second-order valence-corrected chi connectivity index (χ2v) is 21.0. The predicted octanol–water partition coefficient (Wildman–Crippen LogP) is 8.59. The Morgan fingerprint density at radius 3 is 1.86 bits per heavy atom. The molecule has 0 amide bonds. The molecule has 0 aliphatic heterocycles. The number of hydrogen-bond acceptors (Lipinski definition) is 0. The monoisotopic (exact) mass is 408 g/mol. The first-order valence-corrected chi connectivity index (χ1v) is 17.5. The molecule has 1 aromatic rings. The molecule has 0 saturated heterocycles. The Labute approximate surface area is 175 Å². The molecule has 0 nitrogen and oxygen atoms in total. The van der Waals surface area contributed by atoms with Crippen molar-refractivity contribution in [2.45, 2.75) is 90.4 Å². The largest absolute Gasteiger partial charge is 0.0768 e. The van der Waals surface area contributed by atoms with Crippen LogP contribution in [-0.2, 0) is 0 Å². The van der Waals surface area contributed by atoms with Crippen molar-refractivity contribution in [2.24, 2.45) is 0 Å². The zero-order chi connectivity index (χ0) is 20.9. The minimum atomic E-state index is -1.63. The maximum atomic E-state index is 2.76. The summed E-state index contributed by atoms with van der Waals surface area (Å²) in [5, 5.41) is 0. The molecular formula is C26H40Si2. The first kappa shape index (κ1) is 21.6. The van der Waals surface area contributed by atoms with Gasteiger partial charge in [-0.2, -0.15) is 0 Å². The van der Waals surface area contributed by atoms with Crippen LogP contribution in [-0.4, -0.2) is 16.1 Å². The summed E-state index contributed by atoms with van der Waals surface area (Å²) in [6, 6.07) is 13.4. The van der Waals surface area contributed by atoms with Gasteiger partial charge in [-0.05, 0) is 72.7 Å². The number of hydrogen-bond donors (Lipinski definition) is 0. The Kier molecular flexibility index (Phi) is 5.86. The molecule has 152 valence electrons. The van der Waals surface area contributed by atoms with Gasteiger partial charge in [0.1, 0.15) is 0 Å². The highest BCUT2D eigenvalue weighted by molar-refractivity contribution is 6.84. The molecule has 3 rings (SSSR count).